The van der Waals surface area contributed by atoms with Gasteiger partial charge < -0.3 is 5.32 Å². The first kappa shape index (κ1) is 12.4. The van der Waals surface area contributed by atoms with Gasteiger partial charge in [0.05, 0.1) is 10.6 Å². The molecule has 0 aliphatic carbocycles. The number of anilines is 1. The fourth-order valence-corrected chi connectivity index (χ4v) is 4.44. The molecule has 0 spiro atoms. The minimum absolute atomic E-state index is 0.828. The van der Waals surface area contributed by atoms with Crippen LogP contribution in [0.25, 0.3) is 10.7 Å². The molecule has 3 heterocycles. The van der Waals surface area contributed by atoms with Gasteiger partial charge in [-0.15, -0.1) is 11.3 Å². The predicted octanol–water partition coefficient (Wildman–Crippen LogP) is 4.15. The Balaban J connectivity index is 2.12. The van der Waals surface area contributed by atoms with Crippen LogP contribution in [0.5, 0.6) is 0 Å². The van der Waals surface area contributed by atoms with Crippen LogP contribution in [-0.2, 0) is 11.5 Å². The molecule has 1 aliphatic heterocycles. The maximum atomic E-state index is 4.71. The highest BCUT2D eigenvalue weighted by Crippen LogP contribution is 2.37. The highest BCUT2D eigenvalue weighted by atomic mass is 79.9. The fourth-order valence-electron chi connectivity index (χ4n) is 1.92. The minimum atomic E-state index is 0.828. The zero-order chi connectivity index (χ0) is 12.5. The average Bonchev–Trinajstić information content (AvgIpc) is 2.97. The van der Waals surface area contributed by atoms with E-state index in [4.69, 9.17) is 4.98 Å². The predicted molar refractivity (Wildman–Crippen MR) is 82.2 cm³/mol. The van der Waals surface area contributed by atoms with E-state index in [0.29, 0.717) is 0 Å². The molecule has 1 N–H and O–H groups in total. The Kier molecular flexibility index (Phi) is 3.59. The van der Waals surface area contributed by atoms with Crippen molar-refractivity contribution in [2.75, 3.05) is 11.9 Å². The molecule has 3 rings (SSSR count). The summed E-state index contributed by atoms with van der Waals surface area (Å²) in [6.07, 6.45) is 0. The molecule has 2 aromatic heterocycles. The fraction of sp³-hybridized carbons (Fsp3) is 0.333. The lowest BCUT2D eigenvalue weighted by atomic mass is 10.2. The Hall–Kier alpha value is -0.590. The number of halogens is 1. The van der Waals surface area contributed by atoms with Crippen molar-refractivity contribution in [3.8, 4) is 10.7 Å². The SMILES string of the molecule is CCNc1nc(-c2sccc2Br)nc2c1CSC2. The smallest absolute Gasteiger partial charge is 0.173 e. The van der Waals surface area contributed by atoms with Gasteiger partial charge >= 0.3 is 0 Å². The van der Waals surface area contributed by atoms with Gasteiger partial charge in [-0.25, -0.2) is 9.97 Å². The van der Waals surface area contributed by atoms with Crippen molar-refractivity contribution in [2.45, 2.75) is 18.4 Å². The normalized spacial score (nSPS) is 13.7. The Morgan fingerprint density at radius 2 is 2.28 bits per heavy atom. The summed E-state index contributed by atoms with van der Waals surface area (Å²) >= 11 is 7.12. The van der Waals surface area contributed by atoms with E-state index < -0.39 is 0 Å². The molecule has 0 amide bonds. The summed E-state index contributed by atoms with van der Waals surface area (Å²) in [7, 11) is 0. The molecule has 6 heteroatoms. The van der Waals surface area contributed by atoms with Gasteiger partial charge in [0, 0.05) is 28.1 Å². The van der Waals surface area contributed by atoms with Gasteiger partial charge in [0.1, 0.15) is 5.82 Å². The molecule has 0 atom stereocenters. The molecule has 0 radical (unpaired) electrons. The van der Waals surface area contributed by atoms with E-state index in [1.165, 1.54) is 11.3 Å². The summed E-state index contributed by atoms with van der Waals surface area (Å²) in [5.41, 5.74) is 2.46. The Morgan fingerprint density at radius 3 is 3.00 bits per heavy atom. The van der Waals surface area contributed by atoms with Gasteiger partial charge in [0.25, 0.3) is 0 Å². The third-order valence-corrected chi connectivity index (χ3v) is 5.55. The summed E-state index contributed by atoms with van der Waals surface area (Å²) in [6, 6.07) is 2.04. The van der Waals surface area contributed by atoms with Crippen LogP contribution in [0.4, 0.5) is 5.82 Å². The maximum Gasteiger partial charge on any atom is 0.173 e. The third-order valence-electron chi connectivity index (χ3n) is 2.74. The molecule has 0 unspecified atom stereocenters. The van der Waals surface area contributed by atoms with Crippen LogP contribution in [0.3, 0.4) is 0 Å². The Labute approximate surface area is 123 Å². The van der Waals surface area contributed by atoms with Crippen molar-refractivity contribution in [1.82, 2.24) is 9.97 Å². The maximum absolute atomic E-state index is 4.71. The highest BCUT2D eigenvalue weighted by Gasteiger charge is 2.21. The van der Waals surface area contributed by atoms with E-state index in [2.05, 4.69) is 38.5 Å². The number of nitrogens with zero attached hydrogens (tertiary/aromatic N) is 2. The molecule has 0 fully saturated rings. The molecule has 2 aromatic rings. The molecule has 0 saturated heterocycles. The highest BCUT2D eigenvalue weighted by molar-refractivity contribution is 9.10. The quantitative estimate of drug-likeness (QED) is 0.910. The van der Waals surface area contributed by atoms with Crippen molar-refractivity contribution in [3.05, 3.63) is 27.2 Å². The second-order valence-corrected chi connectivity index (χ2v) is 6.70. The molecule has 0 aromatic carbocycles. The van der Waals surface area contributed by atoms with E-state index >= 15 is 0 Å². The van der Waals surface area contributed by atoms with E-state index in [1.54, 1.807) is 11.3 Å². The van der Waals surface area contributed by atoms with Crippen LogP contribution in [0.2, 0.25) is 0 Å². The first-order chi connectivity index (χ1) is 8.79. The summed E-state index contributed by atoms with van der Waals surface area (Å²) in [6.45, 7) is 2.98. The number of hydrogen-bond donors (Lipinski definition) is 1. The standard InChI is InChI=1S/C12H12BrN3S2/c1-2-14-11-7-5-17-6-9(7)15-12(16-11)10-8(13)3-4-18-10/h3-4H,2,5-6H2,1H3,(H,14,15,16). The topological polar surface area (TPSA) is 37.8 Å². The van der Waals surface area contributed by atoms with Crippen LogP contribution >= 0.6 is 39.0 Å². The average molecular weight is 342 g/mol. The second kappa shape index (κ2) is 5.19. The van der Waals surface area contributed by atoms with E-state index in [0.717, 1.165) is 39.0 Å². The number of nitrogens with one attached hydrogen (secondary N) is 1. The zero-order valence-electron chi connectivity index (χ0n) is 9.86. The minimum Gasteiger partial charge on any atom is -0.370 e. The largest absolute Gasteiger partial charge is 0.370 e. The van der Waals surface area contributed by atoms with Gasteiger partial charge in [-0.3, -0.25) is 0 Å². The van der Waals surface area contributed by atoms with Crippen molar-refractivity contribution < 1.29 is 0 Å². The lowest BCUT2D eigenvalue weighted by Gasteiger charge is -2.09. The molecule has 3 nitrogen and oxygen atoms in total. The lowest BCUT2D eigenvalue weighted by Crippen LogP contribution is -2.06. The Bertz CT molecular complexity index is 583. The first-order valence-electron chi connectivity index (χ1n) is 5.74. The number of hydrogen-bond acceptors (Lipinski definition) is 5. The van der Waals surface area contributed by atoms with Gasteiger partial charge in [0.15, 0.2) is 5.82 Å². The number of thiophene rings is 1. The number of thioether (sulfide) groups is 1. The van der Waals surface area contributed by atoms with Crippen LogP contribution < -0.4 is 5.32 Å². The molecule has 18 heavy (non-hydrogen) atoms. The van der Waals surface area contributed by atoms with Crippen molar-refractivity contribution >= 4 is 44.8 Å². The summed E-state index contributed by atoms with van der Waals surface area (Å²) in [5, 5.41) is 5.41. The number of rotatable bonds is 3. The summed E-state index contributed by atoms with van der Waals surface area (Å²) in [4.78, 5) is 10.5. The van der Waals surface area contributed by atoms with Crippen LogP contribution in [0, 0.1) is 0 Å². The number of fused-ring (bicyclic) bond motifs is 1. The first-order valence-corrected chi connectivity index (χ1v) is 8.57. The van der Waals surface area contributed by atoms with Gasteiger partial charge in [-0.2, -0.15) is 11.8 Å². The van der Waals surface area contributed by atoms with Crippen molar-refractivity contribution in [2.24, 2.45) is 0 Å². The second-order valence-electron chi connectivity index (χ2n) is 3.94. The van der Waals surface area contributed by atoms with Gasteiger partial charge in [-0.05, 0) is 34.3 Å². The van der Waals surface area contributed by atoms with Crippen LogP contribution in [-0.4, -0.2) is 16.5 Å². The number of aromatic nitrogens is 2. The monoisotopic (exact) mass is 341 g/mol. The molecule has 0 saturated carbocycles. The van der Waals surface area contributed by atoms with Gasteiger partial charge in [-0.1, -0.05) is 0 Å². The van der Waals surface area contributed by atoms with Crippen molar-refractivity contribution in [3.63, 3.8) is 0 Å². The van der Waals surface area contributed by atoms with Crippen LogP contribution in [0.15, 0.2) is 15.9 Å². The van der Waals surface area contributed by atoms with E-state index in [-0.39, 0.29) is 0 Å². The third kappa shape index (κ3) is 2.17. The molecular weight excluding hydrogens is 330 g/mol. The Morgan fingerprint density at radius 1 is 1.39 bits per heavy atom. The van der Waals surface area contributed by atoms with E-state index in [1.807, 2.05) is 17.8 Å². The molecule has 1 aliphatic rings. The molecule has 94 valence electrons. The van der Waals surface area contributed by atoms with Gasteiger partial charge in [0.2, 0.25) is 0 Å². The molecular formula is C12H12BrN3S2. The van der Waals surface area contributed by atoms with Crippen LogP contribution in [0.1, 0.15) is 18.2 Å². The zero-order valence-corrected chi connectivity index (χ0v) is 13.1. The molecule has 0 bridgehead atoms. The summed E-state index contributed by atoms with van der Waals surface area (Å²) < 4.78 is 1.07. The van der Waals surface area contributed by atoms with E-state index in [9.17, 15) is 0 Å². The van der Waals surface area contributed by atoms with Crippen molar-refractivity contribution in [1.29, 1.82) is 0 Å². The summed E-state index contributed by atoms with van der Waals surface area (Å²) in [5.74, 6) is 3.84. The lowest BCUT2D eigenvalue weighted by molar-refractivity contribution is 1.05.